The van der Waals surface area contributed by atoms with Crippen LogP contribution in [0.25, 0.3) is 0 Å². The summed E-state index contributed by atoms with van der Waals surface area (Å²) >= 11 is 0. The number of anilines is 2. The summed E-state index contributed by atoms with van der Waals surface area (Å²) in [5.41, 5.74) is 1.58. The van der Waals surface area contributed by atoms with E-state index in [-0.39, 0.29) is 36.8 Å². The maximum atomic E-state index is 12.6. The minimum absolute atomic E-state index is 0.0237. The molecule has 1 aromatic carbocycles. The van der Waals surface area contributed by atoms with E-state index in [1.165, 1.54) is 18.3 Å². The van der Waals surface area contributed by atoms with E-state index in [1.54, 1.807) is 23.1 Å². The SMILES string of the molecule is O=C(NCc1ccc(OC(F)F)cc1)c1cnc2c(c1)N(CC1CCCO1)C(=O)CN2. The van der Waals surface area contributed by atoms with Crippen molar-refractivity contribution in [2.75, 3.05) is 29.9 Å². The van der Waals surface area contributed by atoms with Crippen LogP contribution in [-0.4, -0.2) is 49.2 Å². The van der Waals surface area contributed by atoms with Gasteiger partial charge < -0.3 is 25.0 Å². The van der Waals surface area contributed by atoms with Gasteiger partial charge >= 0.3 is 6.61 Å². The summed E-state index contributed by atoms with van der Waals surface area (Å²) in [5.74, 6) is 0.128. The van der Waals surface area contributed by atoms with Gasteiger partial charge in [0.15, 0.2) is 0 Å². The molecule has 0 aliphatic carbocycles. The van der Waals surface area contributed by atoms with Gasteiger partial charge in [-0.15, -0.1) is 0 Å². The van der Waals surface area contributed by atoms with Gasteiger partial charge in [0.25, 0.3) is 5.91 Å². The summed E-state index contributed by atoms with van der Waals surface area (Å²) in [6, 6.07) is 7.64. The topological polar surface area (TPSA) is 92.8 Å². The van der Waals surface area contributed by atoms with Crippen LogP contribution < -0.4 is 20.3 Å². The van der Waals surface area contributed by atoms with E-state index in [4.69, 9.17) is 4.74 Å². The lowest BCUT2D eigenvalue weighted by Gasteiger charge is -2.31. The van der Waals surface area contributed by atoms with E-state index < -0.39 is 6.61 Å². The Morgan fingerprint density at radius 1 is 1.35 bits per heavy atom. The summed E-state index contributed by atoms with van der Waals surface area (Å²) in [5, 5.41) is 5.73. The predicted molar refractivity (Wildman–Crippen MR) is 108 cm³/mol. The fraction of sp³-hybridized carbons (Fsp3) is 0.381. The van der Waals surface area contributed by atoms with Crippen LogP contribution in [0.3, 0.4) is 0 Å². The van der Waals surface area contributed by atoms with Gasteiger partial charge in [-0.3, -0.25) is 9.59 Å². The molecule has 1 atom stereocenters. The molecular formula is C21H22F2N4O4. The summed E-state index contributed by atoms with van der Waals surface area (Å²) in [6.07, 6.45) is 3.28. The van der Waals surface area contributed by atoms with Crippen molar-refractivity contribution in [3.8, 4) is 5.75 Å². The lowest BCUT2D eigenvalue weighted by atomic mass is 10.1. The number of pyridine rings is 1. The molecule has 3 heterocycles. The normalized spacial score (nSPS) is 18.0. The molecule has 10 heteroatoms. The van der Waals surface area contributed by atoms with Crippen molar-refractivity contribution in [3.63, 3.8) is 0 Å². The predicted octanol–water partition coefficient (Wildman–Crippen LogP) is 2.55. The van der Waals surface area contributed by atoms with E-state index in [0.29, 0.717) is 30.2 Å². The average Bonchev–Trinajstić information content (AvgIpc) is 3.27. The molecule has 2 aliphatic rings. The number of rotatable bonds is 7. The van der Waals surface area contributed by atoms with Gasteiger partial charge in [0.05, 0.1) is 30.4 Å². The van der Waals surface area contributed by atoms with Gasteiger partial charge in [0.2, 0.25) is 5.91 Å². The average molecular weight is 432 g/mol. The number of carbonyl (C=O) groups is 2. The molecule has 0 radical (unpaired) electrons. The van der Waals surface area contributed by atoms with Gasteiger partial charge in [0.1, 0.15) is 11.6 Å². The Hall–Kier alpha value is -3.27. The molecule has 1 fully saturated rings. The summed E-state index contributed by atoms with van der Waals surface area (Å²) in [4.78, 5) is 31.0. The molecule has 2 amide bonds. The Kier molecular flexibility index (Phi) is 6.26. The second kappa shape index (κ2) is 9.25. The number of hydrogen-bond donors (Lipinski definition) is 2. The number of amides is 2. The van der Waals surface area contributed by atoms with Crippen LogP contribution in [0, 0.1) is 0 Å². The highest BCUT2D eigenvalue weighted by Crippen LogP contribution is 2.30. The van der Waals surface area contributed by atoms with Crippen molar-refractivity contribution in [1.29, 1.82) is 0 Å². The number of halogens is 2. The molecule has 2 N–H and O–H groups in total. The monoisotopic (exact) mass is 432 g/mol. The van der Waals surface area contributed by atoms with Crippen LogP contribution >= 0.6 is 0 Å². The zero-order valence-corrected chi connectivity index (χ0v) is 16.6. The molecular weight excluding hydrogens is 410 g/mol. The molecule has 0 spiro atoms. The Labute approximate surface area is 177 Å². The first-order valence-electron chi connectivity index (χ1n) is 9.97. The number of alkyl halides is 2. The molecule has 0 saturated carbocycles. The number of fused-ring (bicyclic) bond motifs is 1. The lowest BCUT2D eigenvalue weighted by molar-refractivity contribution is -0.117. The fourth-order valence-corrected chi connectivity index (χ4v) is 3.57. The smallest absolute Gasteiger partial charge is 0.387 e. The van der Waals surface area contributed by atoms with Crippen LogP contribution in [0.1, 0.15) is 28.8 Å². The minimum atomic E-state index is -2.89. The number of carbonyl (C=O) groups excluding carboxylic acids is 2. The van der Waals surface area contributed by atoms with Crippen LogP contribution in [0.4, 0.5) is 20.3 Å². The second-order valence-electron chi connectivity index (χ2n) is 7.29. The third-order valence-corrected chi connectivity index (χ3v) is 5.14. The van der Waals surface area contributed by atoms with E-state index in [2.05, 4.69) is 20.4 Å². The maximum absolute atomic E-state index is 12.6. The highest BCUT2D eigenvalue weighted by atomic mass is 19.3. The lowest BCUT2D eigenvalue weighted by Crippen LogP contribution is -2.44. The summed E-state index contributed by atoms with van der Waals surface area (Å²) < 4.78 is 34.4. The van der Waals surface area contributed by atoms with Gasteiger partial charge in [-0.05, 0) is 36.6 Å². The molecule has 1 aromatic heterocycles. The molecule has 164 valence electrons. The van der Waals surface area contributed by atoms with Gasteiger partial charge in [-0.1, -0.05) is 12.1 Å². The summed E-state index contributed by atoms with van der Waals surface area (Å²) in [7, 11) is 0. The first-order valence-corrected chi connectivity index (χ1v) is 9.97. The molecule has 4 rings (SSSR count). The van der Waals surface area contributed by atoms with E-state index in [1.807, 2.05) is 0 Å². The molecule has 2 aliphatic heterocycles. The van der Waals surface area contributed by atoms with Gasteiger partial charge in [-0.25, -0.2) is 4.98 Å². The fourth-order valence-electron chi connectivity index (χ4n) is 3.57. The van der Waals surface area contributed by atoms with Crippen molar-refractivity contribution in [3.05, 3.63) is 47.7 Å². The van der Waals surface area contributed by atoms with Crippen molar-refractivity contribution in [2.45, 2.75) is 32.1 Å². The van der Waals surface area contributed by atoms with Crippen LogP contribution in [0.15, 0.2) is 36.5 Å². The maximum Gasteiger partial charge on any atom is 0.387 e. The first-order chi connectivity index (χ1) is 15.0. The number of nitrogens with one attached hydrogen (secondary N) is 2. The van der Waals surface area contributed by atoms with Crippen LogP contribution in [-0.2, 0) is 16.1 Å². The number of nitrogens with zero attached hydrogens (tertiary/aromatic N) is 2. The summed E-state index contributed by atoms with van der Waals surface area (Å²) in [6.45, 7) is -1.44. The third-order valence-electron chi connectivity index (χ3n) is 5.14. The number of aromatic nitrogens is 1. The van der Waals surface area contributed by atoms with Crippen molar-refractivity contribution in [2.24, 2.45) is 0 Å². The van der Waals surface area contributed by atoms with Crippen LogP contribution in [0.2, 0.25) is 0 Å². The standard InChI is InChI=1S/C21H22F2N4O4/c22-21(23)31-15-5-3-13(4-6-15)9-26-20(29)14-8-17-19(24-10-14)25-11-18(28)27(17)12-16-2-1-7-30-16/h3-6,8,10,16,21H,1-2,7,9,11-12H2,(H,24,25)(H,26,29). The molecule has 8 nitrogen and oxygen atoms in total. The zero-order chi connectivity index (χ0) is 21.8. The Bertz CT molecular complexity index is 949. The Morgan fingerprint density at radius 3 is 2.87 bits per heavy atom. The molecule has 0 bridgehead atoms. The molecule has 31 heavy (non-hydrogen) atoms. The Morgan fingerprint density at radius 2 is 2.16 bits per heavy atom. The van der Waals surface area contributed by atoms with Crippen molar-refractivity contribution < 1.29 is 27.8 Å². The van der Waals surface area contributed by atoms with Crippen molar-refractivity contribution >= 4 is 23.3 Å². The largest absolute Gasteiger partial charge is 0.435 e. The highest BCUT2D eigenvalue weighted by Gasteiger charge is 2.29. The van der Waals surface area contributed by atoms with Gasteiger partial charge in [0, 0.05) is 19.3 Å². The highest BCUT2D eigenvalue weighted by molar-refractivity contribution is 6.04. The minimum Gasteiger partial charge on any atom is -0.435 e. The van der Waals surface area contributed by atoms with Gasteiger partial charge in [-0.2, -0.15) is 8.78 Å². The third kappa shape index (κ3) is 5.08. The molecule has 1 unspecified atom stereocenters. The Balaban J connectivity index is 1.43. The molecule has 1 saturated heterocycles. The van der Waals surface area contributed by atoms with E-state index >= 15 is 0 Å². The first kappa shape index (κ1) is 21.0. The number of hydrogen-bond acceptors (Lipinski definition) is 6. The number of ether oxygens (including phenoxy) is 2. The molecule has 2 aromatic rings. The zero-order valence-electron chi connectivity index (χ0n) is 16.6. The second-order valence-corrected chi connectivity index (χ2v) is 7.29. The number of benzene rings is 1. The van der Waals surface area contributed by atoms with E-state index in [0.717, 1.165) is 18.4 Å². The quantitative estimate of drug-likeness (QED) is 0.699. The van der Waals surface area contributed by atoms with Crippen molar-refractivity contribution in [1.82, 2.24) is 10.3 Å². The van der Waals surface area contributed by atoms with E-state index in [9.17, 15) is 18.4 Å². The van der Waals surface area contributed by atoms with Crippen LogP contribution in [0.5, 0.6) is 5.75 Å².